The number of ether oxygens (including phenoxy) is 1. The fourth-order valence-electron chi connectivity index (χ4n) is 2.33. The largest absolute Gasteiger partial charge is 0.464 e. The summed E-state index contributed by atoms with van der Waals surface area (Å²) >= 11 is 1.86. The van der Waals surface area contributed by atoms with Gasteiger partial charge < -0.3 is 15.8 Å². The summed E-state index contributed by atoms with van der Waals surface area (Å²) in [6.45, 7) is 6.03. The van der Waals surface area contributed by atoms with Crippen LogP contribution in [0.1, 0.15) is 46.5 Å². The second-order valence-electron chi connectivity index (χ2n) is 5.60. The third kappa shape index (κ3) is 5.87. The van der Waals surface area contributed by atoms with Crippen LogP contribution in [0.2, 0.25) is 0 Å². The molecule has 0 saturated carbocycles. The number of hydrogen-bond acceptors (Lipinski definition) is 5. The molecule has 6 heteroatoms. The zero-order chi connectivity index (χ0) is 15.8. The molecule has 0 aromatic rings. The van der Waals surface area contributed by atoms with E-state index in [2.05, 4.69) is 5.32 Å². The first-order valence-corrected chi connectivity index (χ1v) is 8.88. The maximum atomic E-state index is 12.2. The number of thioether (sulfide) groups is 1. The lowest BCUT2D eigenvalue weighted by Crippen LogP contribution is -2.51. The quantitative estimate of drug-likeness (QED) is 0.666. The molecule has 1 aliphatic heterocycles. The maximum absolute atomic E-state index is 12.2. The van der Waals surface area contributed by atoms with Crippen LogP contribution in [0.25, 0.3) is 0 Å². The lowest BCUT2D eigenvalue weighted by Gasteiger charge is -2.24. The van der Waals surface area contributed by atoms with Gasteiger partial charge in [-0.1, -0.05) is 20.3 Å². The molecule has 1 heterocycles. The van der Waals surface area contributed by atoms with Crippen LogP contribution in [-0.4, -0.2) is 41.6 Å². The summed E-state index contributed by atoms with van der Waals surface area (Å²) in [4.78, 5) is 24.2. The molecule has 1 aliphatic rings. The van der Waals surface area contributed by atoms with E-state index in [0.717, 1.165) is 18.6 Å². The standard InChI is InChI=1S/C15H28N2O3S/c1-4-10(3)13(16)14(18)17-12(15(19)20-5-2)9-11-7-6-8-21-11/h10-13H,4-9,16H2,1-3H3,(H,17,18)/t10?,11?,12?,13-/m0/s1. The van der Waals surface area contributed by atoms with Gasteiger partial charge in [0.15, 0.2) is 0 Å². The fraction of sp³-hybridized carbons (Fsp3) is 0.867. The van der Waals surface area contributed by atoms with Gasteiger partial charge in [0.2, 0.25) is 5.91 Å². The zero-order valence-corrected chi connectivity index (χ0v) is 14.1. The summed E-state index contributed by atoms with van der Waals surface area (Å²) in [6.07, 6.45) is 3.72. The van der Waals surface area contributed by atoms with Crippen LogP contribution in [0.4, 0.5) is 0 Å². The van der Waals surface area contributed by atoms with Crippen LogP contribution < -0.4 is 11.1 Å². The molecule has 1 saturated heterocycles. The number of nitrogens with two attached hydrogens (primary N) is 1. The van der Waals surface area contributed by atoms with Gasteiger partial charge in [0.05, 0.1) is 12.6 Å². The van der Waals surface area contributed by atoms with Crippen molar-refractivity contribution in [1.29, 1.82) is 0 Å². The molecule has 3 unspecified atom stereocenters. The van der Waals surface area contributed by atoms with Gasteiger partial charge in [-0.05, 0) is 37.9 Å². The van der Waals surface area contributed by atoms with E-state index < -0.39 is 12.1 Å². The van der Waals surface area contributed by atoms with Crippen molar-refractivity contribution >= 4 is 23.6 Å². The van der Waals surface area contributed by atoms with Crippen LogP contribution in [-0.2, 0) is 14.3 Å². The third-order valence-corrected chi connectivity index (χ3v) is 5.39. The van der Waals surface area contributed by atoms with E-state index in [1.54, 1.807) is 6.92 Å². The van der Waals surface area contributed by atoms with Crippen LogP contribution in [0.15, 0.2) is 0 Å². The lowest BCUT2D eigenvalue weighted by atomic mass is 9.98. The number of carbonyl (C=O) groups excluding carboxylic acids is 2. The Bertz CT molecular complexity index is 346. The Kier molecular flexibility index (Phi) is 8.11. The monoisotopic (exact) mass is 316 g/mol. The Hall–Kier alpha value is -0.750. The molecular weight excluding hydrogens is 288 g/mol. The molecule has 5 nitrogen and oxygen atoms in total. The second-order valence-corrected chi connectivity index (χ2v) is 7.00. The number of esters is 1. The summed E-state index contributed by atoms with van der Waals surface area (Å²) in [7, 11) is 0. The first-order valence-electron chi connectivity index (χ1n) is 7.83. The van der Waals surface area contributed by atoms with Crippen molar-refractivity contribution in [2.45, 2.75) is 63.8 Å². The molecule has 4 atom stereocenters. The maximum Gasteiger partial charge on any atom is 0.328 e. The van der Waals surface area contributed by atoms with Crippen LogP contribution >= 0.6 is 11.8 Å². The smallest absolute Gasteiger partial charge is 0.328 e. The highest BCUT2D eigenvalue weighted by molar-refractivity contribution is 8.00. The summed E-state index contributed by atoms with van der Waals surface area (Å²) in [5, 5.41) is 3.21. The van der Waals surface area contributed by atoms with Crippen LogP contribution in [0, 0.1) is 5.92 Å². The minimum atomic E-state index is -0.580. The Morgan fingerprint density at radius 3 is 2.67 bits per heavy atom. The normalized spacial score (nSPS) is 22.4. The average Bonchev–Trinajstić information content (AvgIpc) is 2.98. The van der Waals surface area contributed by atoms with Crippen molar-refractivity contribution in [3.63, 3.8) is 0 Å². The zero-order valence-electron chi connectivity index (χ0n) is 13.3. The van der Waals surface area contributed by atoms with Crippen molar-refractivity contribution in [3.8, 4) is 0 Å². The van der Waals surface area contributed by atoms with E-state index in [-0.39, 0.29) is 17.8 Å². The van der Waals surface area contributed by atoms with Gasteiger partial charge in [-0.2, -0.15) is 11.8 Å². The molecule has 1 amide bonds. The highest BCUT2D eigenvalue weighted by Crippen LogP contribution is 2.29. The van der Waals surface area contributed by atoms with Gasteiger partial charge in [-0.25, -0.2) is 4.79 Å². The SMILES string of the molecule is CCOC(=O)C(CC1CCCS1)NC(=O)[C@@H](N)C(C)CC. The highest BCUT2D eigenvalue weighted by atomic mass is 32.2. The fourth-order valence-corrected chi connectivity index (χ4v) is 3.66. The topological polar surface area (TPSA) is 81.4 Å². The van der Waals surface area contributed by atoms with E-state index >= 15 is 0 Å². The number of nitrogens with one attached hydrogen (secondary N) is 1. The van der Waals surface area contributed by atoms with Crippen molar-refractivity contribution < 1.29 is 14.3 Å². The van der Waals surface area contributed by atoms with E-state index in [4.69, 9.17) is 10.5 Å². The van der Waals surface area contributed by atoms with Crippen LogP contribution in [0.3, 0.4) is 0 Å². The van der Waals surface area contributed by atoms with Crippen molar-refractivity contribution in [2.24, 2.45) is 11.7 Å². The van der Waals surface area contributed by atoms with Crippen LogP contribution in [0.5, 0.6) is 0 Å². The minimum Gasteiger partial charge on any atom is -0.464 e. The number of carbonyl (C=O) groups is 2. The molecule has 21 heavy (non-hydrogen) atoms. The average molecular weight is 316 g/mol. The second kappa shape index (κ2) is 9.30. The van der Waals surface area contributed by atoms with E-state index in [9.17, 15) is 9.59 Å². The molecular formula is C15H28N2O3S. The van der Waals surface area contributed by atoms with E-state index in [1.807, 2.05) is 25.6 Å². The summed E-state index contributed by atoms with van der Waals surface area (Å²) in [6, 6.07) is -1.16. The Balaban J connectivity index is 2.62. The predicted molar refractivity (Wildman–Crippen MR) is 86.1 cm³/mol. The minimum absolute atomic E-state index is 0.0914. The molecule has 1 fully saturated rings. The summed E-state index contributed by atoms with van der Waals surface area (Å²) in [5.74, 6) is 0.606. The molecule has 1 rings (SSSR count). The predicted octanol–water partition coefficient (Wildman–Crippen LogP) is 1.69. The van der Waals surface area contributed by atoms with Gasteiger partial charge >= 0.3 is 5.97 Å². The molecule has 0 spiro atoms. The molecule has 0 aromatic carbocycles. The number of rotatable bonds is 8. The highest BCUT2D eigenvalue weighted by Gasteiger charge is 2.30. The van der Waals surface area contributed by atoms with Gasteiger partial charge in [0.1, 0.15) is 6.04 Å². The first kappa shape index (κ1) is 18.3. The molecule has 3 N–H and O–H groups in total. The molecule has 0 bridgehead atoms. The summed E-state index contributed by atoms with van der Waals surface area (Å²) in [5.41, 5.74) is 5.93. The van der Waals surface area contributed by atoms with Gasteiger partial charge in [-0.3, -0.25) is 4.79 Å². The van der Waals surface area contributed by atoms with Crippen molar-refractivity contribution in [3.05, 3.63) is 0 Å². The number of hydrogen-bond donors (Lipinski definition) is 2. The molecule has 122 valence electrons. The van der Waals surface area contributed by atoms with E-state index in [0.29, 0.717) is 18.3 Å². The third-order valence-electron chi connectivity index (χ3n) is 3.97. The van der Waals surface area contributed by atoms with Gasteiger partial charge in [0.25, 0.3) is 0 Å². The molecule has 0 aromatic heterocycles. The first-order chi connectivity index (χ1) is 9.99. The van der Waals surface area contributed by atoms with Gasteiger partial charge in [-0.15, -0.1) is 0 Å². The molecule has 0 aliphatic carbocycles. The van der Waals surface area contributed by atoms with Crippen molar-refractivity contribution in [1.82, 2.24) is 5.32 Å². The Morgan fingerprint density at radius 1 is 1.43 bits per heavy atom. The van der Waals surface area contributed by atoms with Gasteiger partial charge in [0, 0.05) is 5.25 Å². The molecule has 0 radical (unpaired) electrons. The Labute approximate surface area is 131 Å². The Morgan fingerprint density at radius 2 is 2.14 bits per heavy atom. The number of amides is 1. The lowest BCUT2D eigenvalue weighted by molar-refractivity contribution is -0.147. The van der Waals surface area contributed by atoms with E-state index in [1.165, 1.54) is 6.42 Å². The van der Waals surface area contributed by atoms with Crippen molar-refractivity contribution in [2.75, 3.05) is 12.4 Å². The summed E-state index contributed by atoms with van der Waals surface area (Å²) < 4.78 is 5.08.